The van der Waals surface area contributed by atoms with Gasteiger partial charge in [-0.2, -0.15) is 0 Å². The molecule has 0 aromatic carbocycles. The van der Waals surface area contributed by atoms with Crippen LogP contribution in [0.1, 0.15) is 32.1 Å². The number of nitrogens with one attached hydrogen (secondary N) is 3. The fourth-order valence-electron chi connectivity index (χ4n) is 2.48. The predicted molar refractivity (Wildman–Crippen MR) is 79.9 cm³/mol. The van der Waals surface area contributed by atoms with E-state index in [4.69, 9.17) is 0 Å². The molecule has 2 heterocycles. The molecule has 3 rings (SSSR count). The van der Waals surface area contributed by atoms with Gasteiger partial charge >= 0.3 is 0 Å². The van der Waals surface area contributed by atoms with Crippen LogP contribution in [0.5, 0.6) is 0 Å². The number of carbonyl (C=O) groups excluding carboxylic acids is 2. The van der Waals surface area contributed by atoms with Crippen molar-refractivity contribution >= 4 is 23.3 Å². The molecule has 0 radical (unpaired) electrons. The first kappa shape index (κ1) is 14.0. The standard InChI is InChI=1S/C15H20N4O2/c20-14(8-11-2-1-7-16-11)18-12-5-6-13(17-9-12)19-15(21)10-3-4-10/h5-6,9-11,16H,1-4,7-8H2,(H,18,20)(H,17,19,21). The molecule has 1 aliphatic carbocycles. The van der Waals surface area contributed by atoms with Gasteiger partial charge in [0.25, 0.3) is 0 Å². The maximum absolute atomic E-state index is 11.9. The number of pyridine rings is 1. The summed E-state index contributed by atoms with van der Waals surface area (Å²) in [4.78, 5) is 27.6. The van der Waals surface area contributed by atoms with Gasteiger partial charge in [0, 0.05) is 18.4 Å². The number of aromatic nitrogens is 1. The lowest BCUT2D eigenvalue weighted by molar-refractivity contribution is -0.117. The highest BCUT2D eigenvalue weighted by Gasteiger charge is 2.29. The van der Waals surface area contributed by atoms with E-state index in [1.807, 2.05) is 0 Å². The number of hydrogen-bond acceptors (Lipinski definition) is 4. The van der Waals surface area contributed by atoms with E-state index in [0.717, 1.165) is 32.2 Å². The third-order valence-corrected chi connectivity index (χ3v) is 3.84. The van der Waals surface area contributed by atoms with Gasteiger partial charge in [-0.15, -0.1) is 0 Å². The fraction of sp³-hybridized carbons (Fsp3) is 0.533. The molecule has 1 unspecified atom stereocenters. The molecule has 21 heavy (non-hydrogen) atoms. The molecule has 0 bridgehead atoms. The Balaban J connectivity index is 1.48. The summed E-state index contributed by atoms with van der Waals surface area (Å²) in [6.07, 6.45) is 6.18. The van der Waals surface area contributed by atoms with Crippen molar-refractivity contribution in [3.05, 3.63) is 18.3 Å². The quantitative estimate of drug-likeness (QED) is 0.767. The Morgan fingerprint density at radius 3 is 2.71 bits per heavy atom. The number of amides is 2. The topological polar surface area (TPSA) is 83.1 Å². The summed E-state index contributed by atoms with van der Waals surface area (Å²) in [6, 6.07) is 3.76. The van der Waals surface area contributed by atoms with E-state index >= 15 is 0 Å². The minimum atomic E-state index is -0.00836. The lowest BCUT2D eigenvalue weighted by Crippen LogP contribution is -2.27. The van der Waals surface area contributed by atoms with Gasteiger partial charge in [0.1, 0.15) is 5.82 Å². The molecule has 1 aromatic rings. The Morgan fingerprint density at radius 1 is 1.24 bits per heavy atom. The first-order chi connectivity index (χ1) is 10.2. The van der Waals surface area contributed by atoms with Crippen molar-refractivity contribution in [1.82, 2.24) is 10.3 Å². The molecular formula is C15H20N4O2. The summed E-state index contributed by atoms with van der Waals surface area (Å²) in [5, 5.41) is 8.90. The van der Waals surface area contributed by atoms with Crippen LogP contribution in [-0.4, -0.2) is 29.4 Å². The average Bonchev–Trinajstić information content (AvgIpc) is 3.20. The SMILES string of the molecule is O=C(CC1CCCN1)Nc1ccc(NC(=O)C2CC2)nc1. The number of nitrogens with zero attached hydrogens (tertiary/aromatic N) is 1. The third-order valence-electron chi connectivity index (χ3n) is 3.84. The summed E-state index contributed by atoms with van der Waals surface area (Å²) in [6.45, 7) is 0.995. The van der Waals surface area contributed by atoms with Crippen molar-refractivity contribution in [2.75, 3.05) is 17.2 Å². The minimum absolute atomic E-state index is 0.00836. The van der Waals surface area contributed by atoms with Crippen molar-refractivity contribution < 1.29 is 9.59 Å². The summed E-state index contributed by atoms with van der Waals surface area (Å²) in [5.74, 6) is 0.713. The number of rotatable bonds is 5. The van der Waals surface area contributed by atoms with Gasteiger partial charge < -0.3 is 16.0 Å². The van der Waals surface area contributed by atoms with Crippen molar-refractivity contribution in [3.63, 3.8) is 0 Å². The van der Waals surface area contributed by atoms with Crippen LogP contribution in [-0.2, 0) is 9.59 Å². The predicted octanol–water partition coefficient (Wildman–Crippen LogP) is 1.51. The maximum Gasteiger partial charge on any atom is 0.228 e. The first-order valence-corrected chi connectivity index (χ1v) is 7.51. The molecular weight excluding hydrogens is 268 g/mol. The molecule has 6 heteroatoms. The molecule has 1 aliphatic heterocycles. The minimum Gasteiger partial charge on any atom is -0.325 e. The third kappa shape index (κ3) is 4.01. The van der Waals surface area contributed by atoms with Gasteiger partial charge in [-0.3, -0.25) is 9.59 Å². The van der Waals surface area contributed by atoms with E-state index in [1.54, 1.807) is 18.3 Å². The van der Waals surface area contributed by atoms with Crippen LogP contribution in [0.25, 0.3) is 0 Å². The second kappa shape index (κ2) is 6.22. The number of carbonyl (C=O) groups is 2. The Bertz CT molecular complexity index is 519. The largest absolute Gasteiger partial charge is 0.325 e. The number of hydrogen-bond donors (Lipinski definition) is 3. The smallest absolute Gasteiger partial charge is 0.228 e. The van der Waals surface area contributed by atoms with Gasteiger partial charge in [0.05, 0.1) is 11.9 Å². The highest BCUT2D eigenvalue weighted by atomic mass is 16.2. The average molecular weight is 288 g/mol. The van der Waals surface area contributed by atoms with Gasteiger partial charge in [0.15, 0.2) is 0 Å². The van der Waals surface area contributed by atoms with Crippen molar-refractivity contribution in [1.29, 1.82) is 0 Å². The Kier molecular flexibility index (Phi) is 4.15. The summed E-state index contributed by atoms with van der Waals surface area (Å²) < 4.78 is 0. The molecule has 112 valence electrons. The van der Waals surface area contributed by atoms with Crippen LogP contribution in [0.4, 0.5) is 11.5 Å². The molecule has 0 spiro atoms. The lowest BCUT2D eigenvalue weighted by Gasteiger charge is -2.10. The number of anilines is 2. The first-order valence-electron chi connectivity index (χ1n) is 7.51. The molecule has 1 saturated heterocycles. The van der Waals surface area contributed by atoms with Crippen molar-refractivity contribution in [3.8, 4) is 0 Å². The van der Waals surface area contributed by atoms with Crippen LogP contribution >= 0.6 is 0 Å². The van der Waals surface area contributed by atoms with E-state index in [2.05, 4.69) is 20.9 Å². The van der Waals surface area contributed by atoms with E-state index in [1.165, 1.54) is 0 Å². The highest BCUT2D eigenvalue weighted by molar-refractivity contribution is 5.94. The van der Waals surface area contributed by atoms with Crippen molar-refractivity contribution in [2.45, 2.75) is 38.1 Å². The Hall–Kier alpha value is -1.95. The summed E-state index contributed by atoms with van der Waals surface area (Å²) in [5.41, 5.74) is 0.655. The van der Waals surface area contributed by atoms with Crippen LogP contribution in [0.2, 0.25) is 0 Å². The molecule has 2 aliphatic rings. The molecule has 1 aromatic heterocycles. The normalized spacial score (nSPS) is 21.0. The molecule has 6 nitrogen and oxygen atoms in total. The van der Waals surface area contributed by atoms with Crippen LogP contribution in [0.3, 0.4) is 0 Å². The van der Waals surface area contributed by atoms with Crippen LogP contribution in [0.15, 0.2) is 18.3 Å². The summed E-state index contributed by atoms with van der Waals surface area (Å²) >= 11 is 0. The van der Waals surface area contributed by atoms with Crippen molar-refractivity contribution in [2.24, 2.45) is 5.92 Å². The van der Waals surface area contributed by atoms with Gasteiger partial charge in [-0.25, -0.2) is 4.98 Å². The van der Waals surface area contributed by atoms with Crippen LogP contribution in [0, 0.1) is 5.92 Å². The van der Waals surface area contributed by atoms with E-state index in [0.29, 0.717) is 17.9 Å². The van der Waals surface area contributed by atoms with Gasteiger partial charge in [-0.1, -0.05) is 0 Å². The monoisotopic (exact) mass is 288 g/mol. The van der Waals surface area contributed by atoms with E-state index < -0.39 is 0 Å². The highest BCUT2D eigenvalue weighted by Crippen LogP contribution is 2.29. The van der Waals surface area contributed by atoms with E-state index in [-0.39, 0.29) is 23.8 Å². The molecule has 1 atom stereocenters. The van der Waals surface area contributed by atoms with Gasteiger partial charge in [0.2, 0.25) is 11.8 Å². The summed E-state index contributed by atoms with van der Waals surface area (Å²) in [7, 11) is 0. The molecule has 3 N–H and O–H groups in total. The zero-order valence-electron chi connectivity index (χ0n) is 11.9. The Morgan fingerprint density at radius 2 is 2.10 bits per heavy atom. The van der Waals surface area contributed by atoms with Crippen LogP contribution < -0.4 is 16.0 Å². The molecule has 2 amide bonds. The fourth-order valence-corrected chi connectivity index (χ4v) is 2.48. The zero-order valence-corrected chi connectivity index (χ0v) is 11.9. The lowest BCUT2D eigenvalue weighted by atomic mass is 10.1. The maximum atomic E-state index is 11.9. The van der Waals surface area contributed by atoms with Gasteiger partial charge in [-0.05, 0) is 44.4 Å². The second-order valence-corrected chi connectivity index (χ2v) is 5.74. The molecule has 2 fully saturated rings. The Labute approximate surface area is 123 Å². The zero-order chi connectivity index (χ0) is 14.7. The molecule has 1 saturated carbocycles. The second-order valence-electron chi connectivity index (χ2n) is 5.74. The van der Waals surface area contributed by atoms with E-state index in [9.17, 15) is 9.59 Å².